The van der Waals surface area contributed by atoms with Gasteiger partial charge >= 0.3 is 0 Å². The standard InChI is InChI=1S/C14H17N3O3/c15-10-11-4-5-14(17(18)19)13(9-11)16-7-6-12-3-1-2-8-20-12/h4-5,9,12,16H,1-3,6-8H2. The molecule has 6 nitrogen and oxygen atoms in total. The Kier molecular flexibility index (Phi) is 4.91. The van der Waals surface area contributed by atoms with Crippen molar-refractivity contribution in [3.63, 3.8) is 0 Å². The van der Waals surface area contributed by atoms with Gasteiger partial charge < -0.3 is 10.1 Å². The number of nitriles is 1. The van der Waals surface area contributed by atoms with Crippen LogP contribution < -0.4 is 5.32 Å². The smallest absolute Gasteiger partial charge is 0.292 e. The fourth-order valence-electron chi connectivity index (χ4n) is 2.31. The summed E-state index contributed by atoms with van der Waals surface area (Å²) in [5.41, 5.74) is 0.797. The molecule has 1 saturated heterocycles. The van der Waals surface area contributed by atoms with Gasteiger partial charge in [0.2, 0.25) is 0 Å². The van der Waals surface area contributed by atoms with E-state index in [4.69, 9.17) is 10.00 Å². The Morgan fingerprint density at radius 2 is 2.35 bits per heavy atom. The molecule has 6 heteroatoms. The number of nitro benzene ring substituents is 1. The van der Waals surface area contributed by atoms with Gasteiger partial charge in [-0.05, 0) is 37.8 Å². The van der Waals surface area contributed by atoms with Gasteiger partial charge in [0.05, 0.1) is 22.7 Å². The molecule has 0 aromatic heterocycles. The molecule has 1 unspecified atom stereocenters. The van der Waals surface area contributed by atoms with E-state index in [1.54, 1.807) is 0 Å². The Labute approximate surface area is 117 Å². The SMILES string of the molecule is N#Cc1ccc([N+](=O)[O-])c(NCCC2CCCCO2)c1. The van der Waals surface area contributed by atoms with Crippen LogP contribution in [0.25, 0.3) is 0 Å². The summed E-state index contributed by atoms with van der Waals surface area (Å²) < 4.78 is 5.61. The van der Waals surface area contributed by atoms with Gasteiger partial charge in [0.15, 0.2) is 0 Å². The highest BCUT2D eigenvalue weighted by Gasteiger charge is 2.16. The molecular formula is C14H17N3O3. The van der Waals surface area contributed by atoms with Crippen LogP contribution in [0.4, 0.5) is 11.4 Å². The lowest BCUT2D eigenvalue weighted by molar-refractivity contribution is -0.384. The first-order valence-electron chi connectivity index (χ1n) is 6.74. The van der Waals surface area contributed by atoms with E-state index in [1.165, 1.54) is 24.6 Å². The van der Waals surface area contributed by atoms with E-state index in [1.807, 2.05) is 6.07 Å². The summed E-state index contributed by atoms with van der Waals surface area (Å²) in [6.45, 7) is 1.40. The van der Waals surface area contributed by atoms with E-state index in [2.05, 4.69) is 5.32 Å². The van der Waals surface area contributed by atoms with Gasteiger partial charge in [0, 0.05) is 19.2 Å². The van der Waals surface area contributed by atoms with Crippen molar-refractivity contribution in [1.29, 1.82) is 5.26 Å². The van der Waals surface area contributed by atoms with Crippen LogP contribution in [0.3, 0.4) is 0 Å². The van der Waals surface area contributed by atoms with Gasteiger partial charge in [-0.2, -0.15) is 5.26 Å². The Morgan fingerprint density at radius 3 is 3.00 bits per heavy atom. The molecule has 0 bridgehead atoms. The molecule has 1 aromatic rings. The molecule has 20 heavy (non-hydrogen) atoms. The average Bonchev–Trinajstić information content (AvgIpc) is 2.48. The lowest BCUT2D eigenvalue weighted by Gasteiger charge is -2.22. The van der Waals surface area contributed by atoms with E-state index >= 15 is 0 Å². The summed E-state index contributed by atoms with van der Waals surface area (Å²) in [5.74, 6) is 0. The summed E-state index contributed by atoms with van der Waals surface area (Å²) in [5, 5.41) is 22.8. The van der Waals surface area contributed by atoms with Gasteiger partial charge in [-0.3, -0.25) is 10.1 Å². The molecule has 1 aliphatic heterocycles. The fraction of sp³-hybridized carbons (Fsp3) is 0.500. The van der Waals surface area contributed by atoms with Crippen LogP contribution in [-0.4, -0.2) is 24.2 Å². The maximum absolute atomic E-state index is 10.9. The number of ether oxygens (including phenoxy) is 1. The van der Waals surface area contributed by atoms with Crippen LogP contribution in [0.2, 0.25) is 0 Å². The maximum atomic E-state index is 10.9. The molecule has 0 aliphatic carbocycles. The van der Waals surface area contributed by atoms with Gasteiger partial charge in [0.25, 0.3) is 5.69 Å². The molecule has 1 aliphatic rings. The topological polar surface area (TPSA) is 88.2 Å². The molecule has 1 atom stereocenters. The van der Waals surface area contributed by atoms with Crippen LogP contribution in [0.1, 0.15) is 31.2 Å². The van der Waals surface area contributed by atoms with E-state index in [0.717, 1.165) is 25.9 Å². The third-order valence-electron chi connectivity index (χ3n) is 3.38. The minimum atomic E-state index is -0.444. The average molecular weight is 275 g/mol. The van der Waals surface area contributed by atoms with Crippen LogP contribution in [-0.2, 0) is 4.74 Å². The van der Waals surface area contributed by atoms with E-state index in [0.29, 0.717) is 17.8 Å². The number of rotatable bonds is 5. The predicted molar refractivity (Wildman–Crippen MR) is 74.5 cm³/mol. The third kappa shape index (κ3) is 3.68. The van der Waals surface area contributed by atoms with E-state index in [9.17, 15) is 10.1 Å². The zero-order valence-electron chi connectivity index (χ0n) is 11.2. The van der Waals surface area contributed by atoms with Crippen molar-refractivity contribution in [2.75, 3.05) is 18.5 Å². The number of hydrogen-bond acceptors (Lipinski definition) is 5. The largest absolute Gasteiger partial charge is 0.379 e. The van der Waals surface area contributed by atoms with E-state index < -0.39 is 4.92 Å². The Hall–Kier alpha value is -2.13. The van der Waals surface area contributed by atoms with E-state index in [-0.39, 0.29) is 11.8 Å². The molecule has 0 radical (unpaired) electrons. The summed E-state index contributed by atoms with van der Waals surface area (Å²) >= 11 is 0. The molecule has 1 heterocycles. The molecule has 2 rings (SSSR count). The zero-order valence-corrected chi connectivity index (χ0v) is 11.2. The second-order valence-electron chi connectivity index (χ2n) is 4.80. The Bertz CT molecular complexity index is 519. The van der Waals surface area contributed by atoms with Crippen molar-refractivity contribution in [3.05, 3.63) is 33.9 Å². The quantitative estimate of drug-likeness (QED) is 0.659. The third-order valence-corrected chi connectivity index (χ3v) is 3.38. The second-order valence-corrected chi connectivity index (χ2v) is 4.80. The summed E-state index contributed by atoms with van der Waals surface area (Å²) in [6.07, 6.45) is 4.37. The maximum Gasteiger partial charge on any atom is 0.292 e. The minimum absolute atomic E-state index is 0.00596. The number of hydrogen-bond donors (Lipinski definition) is 1. The predicted octanol–water partition coefficient (Wildman–Crippen LogP) is 2.84. The van der Waals surface area contributed by atoms with Crippen LogP contribution in [0.5, 0.6) is 0 Å². The monoisotopic (exact) mass is 275 g/mol. The lowest BCUT2D eigenvalue weighted by atomic mass is 10.1. The second kappa shape index (κ2) is 6.87. The summed E-state index contributed by atoms with van der Waals surface area (Å²) in [7, 11) is 0. The highest BCUT2D eigenvalue weighted by Crippen LogP contribution is 2.25. The van der Waals surface area contributed by atoms with Crippen LogP contribution in [0.15, 0.2) is 18.2 Å². The first-order valence-corrected chi connectivity index (χ1v) is 6.74. The van der Waals surface area contributed by atoms with Gasteiger partial charge in [-0.1, -0.05) is 0 Å². The van der Waals surface area contributed by atoms with Gasteiger partial charge in [-0.25, -0.2) is 0 Å². The first-order chi connectivity index (χ1) is 9.70. The van der Waals surface area contributed by atoms with Crippen molar-refractivity contribution in [2.24, 2.45) is 0 Å². The Morgan fingerprint density at radius 1 is 1.50 bits per heavy atom. The highest BCUT2D eigenvalue weighted by molar-refractivity contribution is 5.64. The van der Waals surface area contributed by atoms with Crippen molar-refractivity contribution in [3.8, 4) is 6.07 Å². The van der Waals surface area contributed by atoms with Crippen molar-refractivity contribution < 1.29 is 9.66 Å². The number of nitrogens with zero attached hydrogens (tertiary/aromatic N) is 2. The first kappa shape index (κ1) is 14.3. The number of benzene rings is 1. The van der Waals surface area contributed by atoms with Crippen LogP contribution in [0, 0.1) is 21.4 Å². The van der Waals surface area contributed by atoms with Crippen molar-refractivity contribution in [2.45, 2.75) is 31.8 Å². The fourth-order valence-corrected chi connectivity index (χ4v) is 2.31. The van der Waals surface area contributed by atoms with Gasteiger partial charge in [0.1, 0.15) is 5.69 Å². The molecular weight excluding hydrogens is 258 g/mol. The van der Waals surface area contributed by atoms with Gasteiger partial charge in [-0.15, -0.1) is 0 Å². The minimum Gasteiger partial charge on any atom is -0.379 e. The van der Waals surface area contributed by atoms with Crippen LogP contribution >= 0.6 is 0 Å². The zero-order chi connectivity index (χ0) is 14.4. The molecule has 106 valence electrons. The molecule has 0 saturated carbocycles. The molecule has 1 aromatic carbocycles. The highest BCUT2D eigenvalue weighted by atomic mass is 16.6. The number of anilines is 1. The molecule has 0 amide bonds. The summed E-state index contributed by atoms with van der Waals surface area (Å²) in [4.78, 5) is 10.5. The van der Waals surface area contributed by atoms with Crippen molar-refractivity contribution >= 4 is 11.4 Å². The summed E-state index contributed by atoms with van der Waals surface area (Å²) in [6, 6.07) is 6.31. The molecule has 1 N–H and O–H groups in total. The lowest BCUT2D eigenvalue weighted by Crippen LogP contribution is -2.22. The number of nitrogens with one attached hydrogen (secondary N) is 1. The normalized spacial score (nSPS) is 18.2. The molecule has 1 fully saturated rings. The van der Waals surface area contributed by atoms with Crippen molar-refractivity contribution in [1.82, 2.24) is 0 Å². The Balaban J connectivity index is 1.96. The number of nitro groups is 1. The molecule has 0 spiro atoms.